The Hall–Kier alpha value is -2.33. The second kappa shape index (κ2) is 7.96. The molecule has 0 atom stereocenters. The van der Waals surface area contributed by atoms with Crippen molar-refractivity contribution in [2.75, 3.05) is 12.3 Å². The molecular weight excluding hydrogens is 417 g/mol. The molecule has 11 heteroatoms. The van der Waals surface area contributed by atoms with E-state index in [-0.39, 0.29) is 28.2 Å². The van der Waals surface area contributed by atoms with E-state index in [1.807, 2.05) is 0 Å². The number of alkyl halides is 3. The predicted molar refractivity (Wildman–Crippen MR) is 98.6 cm³/mol. The van der Waals surface area contributed by atoms with E-state index in [2.05, 4.69) is 20.4 Å². The van der Waals surface area contributed by atoms with Crippen LogP contribution in [0.15, 0.2) is 27.9 Å². The van der Waals surface area contributed by atoms with Gasteiger partial charge in [-0.2, -0.15) is 13.2 Å². The summed E-state index contributed by atoms with van der Waals surface area (Å²) in [6.45, 7) is 3.71. The summed E-state index contributed by atoms with van der Waals surface area (Å²) in [5.74, 6) is 0.0495. The molecule has 3 rings (SSSR count). The zero-order valence-corrected chi connectivity index (χ0v) is 16.3. The summed E-state index contributed by atoms with van der Waals surface area (Å²) < 4.78 is 43.0. The van der Waals surface area contributed by atoms with Gasteiger partial charge in [0, 0.05) is 24.2 Å². The number of aryl methyl sites for hydroxylation is 2. The number of hydrogen-bond acceptors (Lipinski definition) is 6. The fourth-order valence-electron chi connectivity index (χ4n) is 2.49. The summed E-state index contributed by atoms with van der Waals surface area (Å²) in [6, 6.07) is 2.48. The van der Waals surface area contributed by atoms with E-state index >= 15 is 0 Å². The van der Waals surface area contributed by atoms with E-state index in [9.17, 15) is 18.0 Å². The van der Waals surface area contributed by atoms with Gasteiger partial charge in [-0.1, -0.05) is 16.8 Å². The van der Waals surface area contributed by atoms with Crippen LogP contribution in [0.4, 0.5) is 13.2 Å². The van der Waals surface area contributed by atoms with Crippen molar-refractivity contribution in [2.45, 2.75) is 25.0 Å². The molecule has 148 valence electrons. The molecular formula is C17H14ClF3N4O2S. The summed E-state index contributed by atoms with van der Waals surface area (Å²) in [5.41, 5.74) is 0.956. The number of nitrogens with zero attached hydrogens (tertiary/aromatic N) is 3. The molecule has 3 aromatic heterocycles. The lowest BCUT2D eigenvalue weighted by Gasteiger charge is -2.09. The molecule has 0 aliphatic heterocycles. The Morgan fingerprint density at radius 2 is 2.07 bits per heavy atom. The molecule has 0 spiro atoms. The van der Waals surface area contributed by atoms with Gasteiger partial charge in [-0.05, 0) is 26.0 Å². The molecule has 1 N–H and O–H groups in total. The average Bonchev–Trinajstić information content (AvgIpc) is 2.98. The molecule has 0 saturated heterocycles. The van der Waals surface area contributed by atoms with Crippen molar-refractivity contribution in [2.24, 2.45) is 0 Å². The number of halogens is 4. The highest BCUT2D eigenvalue weighted by Gasteiger charge is 2.31. The largest absolute Gasteiger partial charge is 0.417 e. The molecule has 28 heavy (non-hydrogen) atoms. The third-order valence-corrected chi connectivity index (χ3v) is 5.16. The van der Waals surface area contributed by atoms with Crippen LogP contribution in [0.2, 0.25) is 5.02 Å². The summed E-state index contributed by atoms with van der Waals surface area (Å²) in [4.78, 5) is 20.4. The molecule has 0 unspecified atom stereocenters. The number of aromatic nitrogens is 3. The Bertz CT molecular complexity index is 1040. The van der Waals surface area contributed by atoms with Crippen LogP contribution in [0, 0.1) is 13.8 Å². The number of carbonyl (C=O) groups excluding carboxylic acids is 1. The fourth-order valence-corrected chi connectivity index (χ4v) is 3.54. The number of nitrogens with one attached hydrogen (secondary N) is 1. The molecule has 0 aliphatic carbocycles. The lowest BCUT2D eigenvalue weighted by molar-refractivity contribution is -0.137. The number of carbonyl (C=O) groups is 1. The Kier molecular flexibility index (Phi) is 5.80. The van der Waals surface area contributed by atoms with Crippen LogP contribution in [0.3, 0.4) is 0 Å². The van der Waals surface area contributed by atoms with Gasteiger partial charge >= 0.3 is 6.18 Å². The smallest absolute Gasteiger partial charge is 0.351 e. The first kappa shape index (κ1) is 20.4. The summed E-state index contributed by atoms with van der Waals surface area (Å²) in [6.07, 6.45) is -3.76. The van der Waals surface area contributed by atoms with Gasteiger partial charge in [0.1, 0.15) is 5.03 Å². The normalized spacial score (nSPS) is 11.8. The number of pyridine rings is 2. The molecule has 0 fully saturated rings. The monoisotopic (exact) mass is 430 g/mol. The first-order valence-corrected chi connectivity index (χ1v) is 9.40. The van der Waals surface area contributed by atoms with Gasteiger partial charge in [-0.15, -0.1) is 11.8 Å². The third-order valence-electron chi connectivity index (χ3n) is 3.75. The maximum Gasteiger partial charge on any atom is 0.417 e. The van der Waals surface area contributed by atoms with E-state index < -0.39 is 11.7 Å². The average molecular weight is 431 g/mol. The highest BCUT2D eigenvalue weighted by molar-refractivity contribution is 7.99. The lowest BCUT2D eigenvalue weighted by Crippen LogP contribution is -2.26. The molecule has 0 bridgehead atoms. The van der Waals surface area contributed by atoms with Crippen LogP contribution >= 0.6 is 23.4 Å². The second-order valence-corrected chi connectivity index (χ2v) is 7.36. The standard InChI is InChI=1S/C17H14ClF3N4O2S/c1-8-5-11(13-9(2)25-27-15(13)24-8)14(26)22-3-4-28-16-12(18)6-10(7-23-16)17(19,20)21/h5-7H,3-4H2,1-2H3,(H,22,26). The van der Waals surface area contributed by atoms with Crippen LogP contribution < -0.4 is 5.32 Å². The van der Waals surface area contributed by atoms with Gasteiger partial charge in [-0.25, -0.2) is 9.97 Å². The van der Waals surface area contributed by atoms with Gasteiger partial charge in [0.05, 0.1) is 27.2 Å². The van der Waals surface area contributed by atoms with Crippen molar-refractivity contribution in [3.63, 3.8) is 0 Å². The number of fused-ring (bicyclic) bond motifs is 1. The lowest BCUT2D eigenvalue weighted by atomic mass is 10.1. The Labute approximate surface area is 166 Å². The topological polar surface area (TPSA) is 80.9 Å². The maximum absolute atomic E-state index is 12.6. The third kappa shape index (κ3) is 4.39. The minimum absolute atomic E-state index is 0.0854. The molecule has 6 nitrogen and oxygen atoms in total. The first-order valence-electron chi connectivity index (χ1n) is 8.04. The first-order chi connectivity index (χ1) is 13.2. The highest BCUT2D eigenvalue weighted by atomic mass is 35.5. The van der Waals surface area contributed by atoms with Crippen LogP contribution in [-0.4, -0.2) is 33.3 Å². The van der Waals surface area contributed by atoms with Gasteiger partial charge < -0.3 is 9.84 Å². The van der Waals surface area contributed by atoms with Crippen molar-refractivity contribution in [3.8, 4) is 0 Å². The fraction of sp³-hybridized carbons (Fsp3) is 0.294. The summed E-state index contributed by atoms with van der Waals surface area (Å²) >= 11 is 7.01. The Morgan fingerprint density at radius 3 is 2.75 bits per heavy atom. The minimum atomic E-state index is -4.50. The van der Waals surface area contributed by atoms with E-state index in [4.69, 9.17) is 16.1 Å². The van der Waals surface area contributed by atoms with Gasteiger partial charge in [0.15, 0.2) is 0 Å². The maximum atomic E-state index is 12.6. The van der Waals surface area contributed by atoms with Gasteiger partial charge in [0.25, 0.3) is 11.6 Å². The van der Waals surface area contributed by atoms with E-state index in [1.54, 1.807) is 19.9 Å². The summed E-state index contributed by atoms with van der Waals surface area (Å²) in [7, 11) is 0. The number of hydrogen-bond donors (Lipinski definition) is 1. The molecule has 0 aliphatic rings. The molecule has 0 saturated carbocycles. The number of amides is 1. The highest BCUT2D eigenvalue weighted by Crippen LogP contribution is 2.33. The number of rotatable bonds is 5. The van der Waals surface area contributed by atoms with Crippen LogP contribution in [-0.2, 0) is 6.18 Å². The number of thioether (sulfide) groups is 1. The van der Waals surface area contributed by atoms with Gasteiger partial charge in [-0.3, -0.25) is 4.79 Å². The zero-order valence-electron chi connectivity index (χ0n) is 14.7. The van der Waals surface area contributed by atoms with Crippen molar-refractivity contribution >= 4 is 40.4 Å². The van der Waals surface area contributed by atoms with Gasteiger partial charge in [0.2, 0.25) is 0 Å². The van der Waals surface area contributed by atoms with E-state index in [0.717, 1.165) is 24.0 Å². The van der Waals surface area contributed by atoms with Crippen LogP contribution in [0.25, 0.3) is 11.1 Å². The van der Waals surface area contributed by atoms with Crippen molar-refractivity contribution in [1.82, 2.24) is 20.4 Å². The quantitative estimate of drug-likeness (QED) is 0.476. The second-order valence-electron chi connectivity index (χ2n) is 5.87. The Morgan fingerprint density at radius 1 is 1.32 bits per heavy atom. The molecule has 0 aromatic carbocycles. The van der Waals surface area contributed by atoms with Crippen molar-refractivity contribution < 1.29 is 22.5 Å². The summed E-state index contributed by atoms with van der Waals surface area (Å²) in [5, 5.41) is 7.30. The van der Waals surface area contributed by atoms with E-state index in [0.29, 0.717) is 28.1 Å². The molecule has 3 heterocycles. The Balaban J connectivity index is 1.62. The molecule has 1 amide bonds. The van der Waals surface area contributed by atoms with Crippen molar-refractivity contribution in [3.05, 3.63) is 45.9 Å². The van der Waals surface area contributed by atoms with Crippen LogP contribution in [0.1, 0.15) is 27.3 Å². The van der Waals surface area contributed by atoms with E-state index in [1.165, 1.54) is 0 Å². The minimum Gasteiger partial charge on any atom is -0.351 e. The SMILES string of the molecule is Cc1cc(C(=O)NCCSc2ncc(C(F)(F)F)cc2Cl)c2c(C)noc2n1. The van der Waals surface area contributed by atoms with Crippen molar-refractivity contribution in [1.29, 1.82) is 0 Å². The zero-order chi connectivity index (χ0) is 20.5. The molecule has 3 aromatic rings. The van der Waals surface area contributed by atoms with Crippen LogP contribution in [0.5, 0.6) is 0 Å². The predicted octanol–water partition coefficient (Wildman–Crippen LogP) is 4.43. The molecule has 0 radical (unpaired) electrons.